The Morgan fingerprint density at radius 1 is 0.821 bits per heavy atom. The molecule has 0 saturated carbocycles. The van der Waals surface area contributed by atoms with E-state index in [-0.39, 0.29) is 29.7 Å². The lowest BCUT2D eigenvalue weighted by Crippen LogP contribution is -2.42. The van der Waals surface area contributed by atoms with Gasteiger partial charge in [-0.1, -0.05) is 78.9 Å². The van der Waals surface area contributed by atoms with Crippen molar-refractivity contribution < 1.29 is 14.5 Å². The number of Topliss-reactive ketones (excluding diaryl/α,β-unsaturated/α-hetero) is 1. The van der Waals surface area contributed by atoms with E-state index in [1.807, 2.05) is 60.7 Å². The highest BCUT2D eigenvalue weighted by Gasteiger charge is 2.45. The summed E-state index contributed by atoms with van der Waals surface area (Å²) in [5, 5.41) is 14.9. The van der Waals surface area contributed by atoms with Crippen LogP contribution in [0.4, 0.5) is 17.1 Å². The molecule has 0 saturated heterocycles. The topological polar surface area (TPSA) is 92.6 Å². The first-order valence-corrected chi connectivity index (χ1v) is 12.8. The van der Waals surface area contributed by atoms with Gasteiger partial charge in [0.1, 0.15) is 5.78 Å². The standard InChI is InChI=1S/C32H25N3O4/c36-29-20-24(21-9-3-1-4-10-21)19-27-30(29)31(22-15-17-25(18-16-22)35(38)39)34(28-14-8-7-13-26(28)33-27)32(37)23-11-5-2-6-12-23/h1-19,24,30-31,33H,20H2/t24-,30+,31+/m0/s1. The number of allylic oxidation sites excluding steroid dienone is 1. The number of hydrogen-bond acceptors (Lipinski definition) is 5. The highest BCUT2D eigenvalue weighted by Crippen LogP contribution is 2.48. The van der Waals surface area contributed by atoms with Crippen molar-refractivity contribution in [1.29, 1.82) is 0 Å². The van der Waals surface area contributed by atoms with E-state index >= 15 is 0 Å². The van der Waals surface area contributed by atoms with E-state index in [9.17, 15) is 19.7 Å². The molecule has 0 aromatic heterocycles. The number of fused-ring (bicyclic) bond motifs is 2. The molecule has 1 aliphatic carbocycles. The maximum Gasteiger partial charge on any atom is 0.269 e. The quantitative estimate of drug-likeness (QED) is 0.242. The molecule has 4 aromatic rings. The first kappa shape index (κ1) is 24.3. The van der Waals surface area contributed by atoms with Crippen LogP contribution in [0.2, 0.25) is 0 Å². The molecular weight excluding hydrogens is 490 g/mol. The lowest BCUT2D eigenvalue weighted by atomic mass is 9.76. The molecule has 1 aliphatic heterocycles. The number of non-ortho nitro benzene ring substituents is 1. The van der Waals surface area contributed by atoms with Crippen LogP contribution in [0.15, 0.2) is 121 Å². The number of hydrogen-bond donors (Lipinski definition) is 1. The fourth-order valence-corrected chi connectivity index (χ4v) is 5.61. The molecule has 1 N–H and O–H groups in total. The smallest absolute Gasteiger partial charge is 0.269 e. The van der Waals surface area contributed by atoms with Gasteiger partial charge in [-0.15, -0.1) is 0 Å². The molecule has 192 valence electrons. The van der Waals surface area contributed by atoms with Crippen LogP contribution in [0.3, 0.4) is 0 Å². The Hall–Kier alpha value is -5.04. The Labute approximate surface area is 225 Å². The van der Waals surface area contributed by atoms with Gasteiger partial charge in [-0.3, -0.25) is 24.6 Å². The fourth-order valence-electron chi connectivity index (χ4n) is 5.61. The number of carbonyl (C=O) groups excluding carboxylic acids is 2. The zero-order valence-electron chi connectivity index (χ0n) is 20.9. The number of nitrogens with zero attached hydrogens (tertiary/aromatic N) is 2. The van der Waals surface area contributed by atoms with E-state index < -0.39 is 16.9 Å². The minimum Gasteiger partial charge on any atom is -0.357 e. The van der Waals surface area contributed by atoms with Crippen LogP contribution in [-0.4, -0.2) is 16.6 Å². The molecule has 7 nitrogen and oxygen atoms in total. The van der Waals surface area contributed by atoms with Crippen molar-refractivity contribution in [3.8, 4) is 0 Å². The summed E-state index contributed by atoms with van der Waals surface area (Å²) in [6.45, 7) is 0. The summed E-state index contributed by atoms with van der Waals surface area (Å²) in [6, 6.07) is 31.8. The summed E-state index contributed by atoms with van der Waals surface area (Å²) in [6.07, 6.45) is 2.38. The van der Waals surface area contributed by atoms with E-state index in [1.54, 1.807) is 41.3 Å². The number of amides is 1. The van der Waals surface area contributed by atoms with Crippen LogP contribution in [0.1, 0.15) is 39.9 Å². The summed E-state index contributed by atoms with van der Waals surface area (Å²) >= 11 is 0. The molecule has 1 amide bonds. The van der Waals surface area contributed by atoms with Gasteiger partial charge in [-0.2, -0.15) is 0 Å². The molecule has 4 aromatic carbocycles. The van der Waals surface area contributed by atoms with Crippen molar-refractivity contribution in [2.45, 2.75) is 18.4 Å². The summed E-state index contributed by atoms with van der Waals surface area (Å²) in [4.78, 5) is 40.9. The monoisotopic (exact) mass is 515 g/mol. The summed E-state index contributed by atoms with van der Waals surface area (Å²) in [5.74, 6) is -1.06. The van der Waals surface area contributed by atoms with Crippen molar-refractivity contribution in [2.75, 3.05) is 10.2 Å². The normalized spacial score (nSPS) is 20.1. The maximum absolute atomic E-state index is 14.2. The zero-order chi connectivity index (χ0) is 26.9. The second-order valence-electron chi connectivity index (χ2n) is 9.76. The van der Waals surface area contributed by atoms with Crippen LogP contribution < -0.4 is 10.2 Å². The van der Waals surface area contributed by atoms with Gasteiger partial charge in [0.15, 0.2) is 0 Å². The number of carbonyl (C=O) groups is 2. The number of anilines is 2. The summed E-state index contributed by atoms with van der Waals surface area (Å²) < 4.78 is 0. The van der Waals surface area contributed by atoms with Gasteiger partial charge in [0.25, 0.3) is 11.6 Å². The number of ketones is 1. The largest absolute Gasteiger partial charge is 0.357 e. The Kier molecular flexibility index (Phi) is 6.25. The average Bonchev–Trinajstić information content (AvgIpc) is 3.12. The molecule has 0 bridgehead atoms. The Balaban J connectivity index is 1.57. The van der Waals surface area contributed by atoms with Gasteiger partial charge >= 0.3 is 0 Å². The molecular formula is C32H25N3O4. The van der Waals surface area contributed by atoms with E-state index in [0.717, 1.165) is 11.3 Å². The molecule has 0 unspecified atom stereocenters. The molecule has 0 spiro atoms. The predicted octanol–water partition coefficient (Wildman–Crippen LogP) is 6.67. The first-order chi connectivity index (χ1) is 19.0. The van der Waals surface area contributed by atoms with Crippen LogP contribution in [0.5, 0.6) is 0 Å². The van der Waals surface area contributed by atoms with E-state index in [1.165, 1.54) is 12.1 Å². The second-order valence-corrected chi connectivity index (χ2v) is 9.76. The Bertz CT molecular complexity index is 1580. The van der Waals surface area contributed by atoms with E-state index in [0.29, 0.717) is 22.5 Å². The minimum absolute atomic E-state index is 0.00382. The van der Waals surface area contributed by atoms with Crippen LogP contribution in [-0.2, 0) is 4.79 Å². The predicted molar refractivity (Wildman–Crippen MR) is 150 cm³/mol. The van der Waals surface area contributed by atoms with Crippen LogP contribution in [0.25, 0.3) is 0 Å². The van der Waals surface area contributed by atoms with Crippen molar-refractivity contribution in [2.24, 2.45) is 5.92 Å². The Morgan fingerprint density at radius 3 is 2.15 bits per heavy atom. The van der Waals surface area contributed by atoms with Crippen LogP contribution in [0, 0.1) is 16.0 Å². The SMILES string of the molecule is O=C1C[C@@H](c2ccccc2)C=C2Nc3ccccc3N(C(=O)c3ccccc3)[C@H](c3ccc([N+](=O)[O-])cc3)[C@@H]12. The van der Waals surface area contributed by atoms with E-state index in [4.69, 9.17) is 0 Å². The fraction of sp³-hybridized carbons (Fsp3) is 0.125. The summed E-state index contributed by atoms with van der Waals surface area (Å²) in [7, 11) is 0. The summed E-state index contributed by atoms with van der Waals surface area (Å²) in [5.41, 5.74) is 4.18. The molecule has 6 rings (SSSR count). The first-order valence-electron chi connectivity index (χ1n) is 12.8. The molecule has 3 atom stereocenters. The van der Waals surface area contributed by atoms with Gasteiger partial charge in [0.05, 0.1) is 28.3 Å². The zero-order valence-corrected chi connectivity index (χ0v) is 20.9. The number of benzene rings is 4. The van der Waals surface area contributed by atoms with Gasteiger partial charge in [0, 0.05) is 35.7 Å². The highest BCUT2D eigenvalue weighted by atomic mass is 16.6. The molecule has 0 fully saturated rings. The van der Waals surface area contributed by atoms with Gasteiger partial charge in [0.2, 0.25) is 0 Å². The van der Waals surface area contributed by atoms with Crippen molar-refractivity contribution in [3.63, 3.8) is 0 Å². The maximum atomic E-state index is 14.2. The molecule has 39 heavy (non-hydrogen) atoms. The third-order valence-corrected chi connectivity index (χ3v) is 7.43. The third-order valence-electron chi connectivity index (χ3n) is 7.43. The van der Waals surface area contributed by atoms with Gasteiger partial charge in [-0.05, 0) is 35.4 Å². The lowest BCUT2D eigenvalue weighted by Gasteiger charge is -2.37. The van der Waals surface area contributed by atoms with Crippen molar-refractivity contribution >= 4 is 28.8 Å². The number of rotatable bonds is 4. The average molecular weight is 516 g/mol. The second kappa shape index (κ2) is 10.0. The minimum atomic E-state index is -0.717. The van der Waals surface area contributed by atoms with E-state index in [2.05, 4.69) is 11.4 Å². The lowest BCUT2D eigenvalue weighted by molar-refractivity contribution is -0.384. The van der Waals surface area contributed by atoms with Gasteiger partial charge in [-0.25, -0.2) is 0 Å². The molecule has 1 heterocycles. The Morgan fingerprint density at radius 2 is 1.46 bits per heavy atom. The highest BCUT2D eigenvalue weighted by molar-refractivity contribution is 6.09. The number of nitro groups is 1. The van der Waals surface area contributed by atoms with Crippen molar-refractivity contribution in [3.05, 3.63) is 148 Å². The number of nitro benzene ring substituents is 1. The third kappa shape index (κ3) is 4.48. The molecule has 7 heteroatoms. The number of para-hydroxylation sites is 2. The van der Waals surface area contributed by atoms with Crippen molar-refractivity contribution in [1.82, 2.24) is 0 Å². The molecule has 0 radical (unpaired) electrons. The van der Waals surface area contributed by atoms with Gasteiger partial charge < -0.3 is 5.32 Å². The van der Waals surface area contributed by atoms with Crippen LogP contribution >= 0.6 is 0 Å². The number of nitrogens with one attached hydrogen (secondary N) is 1. The molecule has 2 aliphatic rings.